The second-order valence-corrected chi connectivity index (χ2v) is 13.4. The number of hydrogen-bond acceptors (Lipinski definition) is 7. The summed E-state index contributed by atoms with van der Waals surface area (Å²) in [7, 11) is 0. The molecule has 6 atom stereocenters. The van der Waals surface area contributed by atoms with Gasteiger partial charge in [-0.05, 0) is 72.1 Å². The van der Waals surface area contributed by atoms with E-state index in [1.54, 1.807) is 46.4 Å². The van der Waals surface area contributed by atoms with Gasteiger partial charge in [-0.1, -0.05) is 32.4 Å². The van der Waals surface area contributed by atoms with Crippen molar-refractivity contribution >= 4 is 35.6 Å². The summed E-state index contributed by atoms with van der Waals surface area (Å²) in [5.74, 6) is -0.242. The Kier molecular flexibility index (Phi) is 14.5. The molecule has 234 valence electrons. The maximum Gasteiger partial charge on any atom is 0.410 e. The molecule has 0 saturated carbocycles. The number of amides is 4. The van der Waals surface area contributed by atoms with E-state index in [2.05, 4.69) is 35.0 Å². The van der Waals surface area contributed by atoms with Crippen LogP contribution in [0.5, 0.6) is 0 Å². The molecule has 0 aliphatic carbocycles. The Balaban J connectivity index is 2.18. The first kappa shape index (κ1) is 34.9. The molecule has 41 heavy (non-hydrogen) atoms. The number of carbonyl (C=O) groups excluding carboxylic acids is 4. The highest BCUT2D eigenvalue weighted by Crippen LogP contribution is 2.30. The summed E-state index contributed by atoms with van der Waals surface area (Å²) in [6, 6.07) is -2.23. The highest BCUT2D eigenvalue weighted by Gasteiger charge is 2.41. The third kappa shape index (κ3) is 11.9. The predicted octanol–water partition coefficient (Wildman–Crippen LogP) is 3.38. The number of ether oxygens (including phenoxy) is 1. The molecular formula is C30H52N4O6S. The average molecular weight is 597 g/mol. The number of aliphatic hydroxyl groups is 1. The van der Waals surface area contributed by atoms with Gasteiger partial charge in [-0.3, -0.25) is 19.3 Å². The van der Waals surface area contributed by atoms with E-state index in [1.165, 1.54) is 4.90 Å². The predicted molar refractivity (Wildman–Crippen MR) is 162 cm³/mol. The van der Waals surface area contributed by atoms with Crippen LogP contribution in [0.2, 0.25) is 0 Å². The van der Waals surface area contributed by atoms with Crippen molar-refractivity contribution in [3.05, 3.63) is 12.2 Å². The van der Waals surface area contributed by atoms with Gasteiger partial charge < -0.3 is 25.8 Å². The van der Waals surface area contributed by atoms with Crippen molar-refractivity contribution in [2.45, 2.75) is 116 Å². The van der Waals surface area contributed by atoms with Gasteiger partial charge in [-0.25, -0.2) is 4.79 Å². The van der Waals surface area contributed by atoms with E-state index in [9.17, 15) is 24.3 Å². The minimum atomic E-state index is -0.939. The molecule has 2 aliphatic heterocycles. The first-order valence-electron chi connectivity index (χ1n) is 15.1. The normalized spacial score (nSPS) is 27.1. The van der Waals surface area contributed by atoms with Gasteiger partial charge in [0, 0.05) is 30.5 Å². The number of unbranched alkanes of at least 4 members (excludes halogenated alkanes) is 1. The van der Waals surface area contributed by atoms with E-state index in [1.807, 2.05) is 0 Å². The lowest BCUT2D eigenvalue weighted by molar-refractivity contribution is -0.134. The van der Waals surface area contributed by atoms with Gasteiger partial charge in [0.05, 0.1) is 12.1 Å². The summed E-state index contributed by atoms with van der Waals surface area (Å²) in [5, 5.41) is 19.7. The smallest absolute Gasteiger partial charge is 0.410 e. The van der Waals surface area contributed by atoms with E-state index in [-0.39, 0.29) is 24.2 Å². The van der Waals surface area contributed by atoms with Gasteiger partial charge in [0.1, 0.15) is 17.7 Å². The summed E-state index contributed by atoms with van der Waals surface area (Å²) < 4.78 is 5.62. The van der Waals surface area contributed by atoms with Crippen LogP contribution in [-0.2, 0) is 19.1 Å². The molecule has 0 aromatic heterocycles. The fraction of sp³-hybridized carbons (Fsp3) is 0.800. The second-order valence-electron chi connectivity index (χ2n) is 12.3. The van der Waals surface area contributed by atoms with Crippen molar-refractivity contribution in [2.24, 2.45) is 11.8 Å². The molecule has 0 radical (unpaired) electrons. The molecule has 2 aliphatic rings. The molecule has 1 fully saturated rings. The summed E-state index contributed by atoms with van der Waals surface area (Å²) in [4.78, 5) is 53.9. The molecule has 0 spiro atoms. The van der Waals surface area contributed by atoms with Crippen molar-refractivity contribution in [3.8, 4) is 0 Å². The van der Waals surface area contributed by atoms with Crippen molar-refractivity contribution in [1.82, 2.24) is 20.9 Å². The maximum absolute atomic E-state index is 13.6. The molecule has 11 heteroatoms. The van der Waals surface area contributed by atoms with Crippen LogP contribution >= 0.6 is 11.8 Å². The largest absolute Gasteiger partial charge is 0.444 e. The zero-order chi connectivity index (χ0) is 30.6. The first-order chi connectivity index (χ1) is 19.3. The van der Waals surface area contributed by atoms with Crippen molar-refractivity contribution in [1.29, 1.82) is 0 Å². The molecule has 10 nitrogen and oxygen atoms in total. The standard InChI is InChI=1S/C30H52N4O6S/c1-7-8-15-31-26(36)20(2)18-24(35)23-19-41-17-11-9-10-13-22-14-12-16-34(29(39)40-30(4,5)6)25(22)28(38)32-21(3)27(37)33-23/h9,11,20-25,35H,7-8,10,12-19H2,1-6H3,(H,31,36)(H,32,38)(H,33,37)/b11-9+/t20-,21+,22-,23+,24+,25+/m1/s1. The Morgan fingerprint density at radius 2 is 1.93 bits per heavy atom. The molecule has 4 amide bonds. The first-order valence-corrected chi connectivity index (χ1v) is 16.3. The third-order valence-electron chi connectivity index (χ3n) is 7.45. The fourth-order valence-corrected chi connectivity index (χ4v) is 6.10. The minimum Gasteiger partial charge on any atom is -0.444 e. The van der Waals surface area contributed by atoms with Gasteiger partial charge >= 0.3 is 6.09 Å². The van der Waals surface area contributed by atoms with Gasteiger partial charge in [-0.2, -0.15) is 11.8 Å². The van der Waals surface area contributed by atoms with Crippen LogP contribution in [0, 0.1) is 11.8 Å². The van der Waals surface area contributed by atoms with Crippen molar-refractivity contribution in [3.63, 3.8) is 0 Å². The van der Waals surface area contributed by atoms with E-state index in [4.69, 9.17) is 4.74 Å². The molecule has 0 unspecified atom stereocenters. The minimum absolute atomic E-state index is 0.0616. The number of nitrogens with one attached hydrogen (secondary N) is 3. The molecule has 2 rings (SSSR count). The zero-order valence-corrected chi connectivity index (χ0v) is 26.6. The highest BCUT2D eigenvalue weighted by molar-refractivity contribution is 7.99. The van der Waals surface area contributed by atoms with Crippen LogP contribution in [-0.4, -0.2) is 88.2 Å². The number of nitrogens with zero attached hydrogens (tertiary/aromatic N) is 1. The molecule has 0 bridgehead atoms. The van der Waals surface area contributed by atoms with Gasteiger partial charge in [0.2, 0.25) is 17.7 Å². The molecular weight excluding hydrogens is 544 g/mol. The SMILES string of the molecule is CCCCNC(=O)[C@H](C)C[C@H](O)[C@@H]1CSC/C=C/CC[C@@H]2CCCN(C(=O)OC(C)(C)C)[C@@H]2C(=O)N[C@@H](C)C(=O)N1. The summed E-state index contributed by atoms with van der Waals surface area (Å²) in [6.07, 6.45) is 7.84. The summed E-state index contributed by atoms with van der Waals surface area (Å²) >= 11 is 1.59. The van der Waals surface area contributed by atoms with E-state index in [0.717, 1.165) is 38.5 Å². The van der Waals surface area contributed by atoms with Crippen LogP contribution in [0.15, 0.2) is 12.2 Å². The number of aliphatic hydroxyl groups excluding tert-OH is 1. The second kappa shape index (κ2) is 17.0. The Labute approximate surface area is 250 Å². The van der Waals surface area contributed by atoms with Gasteiger partial charge in [0.25, 0.3) is 0 Å². The monoisotopic (exact) mass is 596 g/mol. The van der Waals surface area contributed by atoms with Crippen molar-refractivity contribution < 1.29 is 29.0 Å². The van der Waals surface area contributed by atoms with Crippen LogP contribution in [0.25, 0.3) is 0 Å². The lowest BCUT2D eigenvalue weighted by Crippen LogP contribution is -2.60. The van der Waals surface area contributed by atoms with Crippen LogP contribution in [0.1, 0.15) is 86.5 Å². The number of fused-ring (bicyclic) bond motifs is 1. The Morgan fingerprint density at radius 3 is 2.61 bits per heavy atom. The number of carbonyl (C=O) groups is 4. The maximum atomic E-state index is 13.6. The topological polar surface area (TPSA) is 137 Å². The molecule has 0 aromatic carbocycles. The number of thioether (sulfide) groups is 1. The average Bonchev–Trinajstić information content (AvgIpc) is 2.90. The van der Waals surface area contributed by atoms with Crippen LogP contribution < -0.4 is 16.0 Å². The zero-order valence-electron chi connectivity index (χ0n) is 25.7. The Hall–Kier alpha value is -2.27. The lowest BCUT2D eigenvalue weighted by atomic mass is 9.85. The molecule has 2 heterocycles. The Bertz CT molecular complexity index is 908. The van der Waals surface area contributed by atoms with E-state index >= 15 is 0 Å². The molecule has 1 saturated heterocycles. The molecule has 0 aromatic rings. The molecule has 4 N–H and O–H groups in total. The van der Waals surface area contributed by atoms with Gasteiger partial charge in [-0.15, -0.1) is 0 Å². The highest BCUT2D eigenvalue weighted by atomic mass is 32.2. The van der Waals surface area contributed by atoms with Crippen LogP contribution in [0.4, 0.5) is 4.79 Å². The van der Waals surface area contributed by atoms with Crippen LogP contribution in [0.3, 0.4) is 0 Å². The lowest BCUT2D eigenvalue weighted by Gasteiger charge is -2.41. The number of likely N-dealkylation sites (tertiary alicyclic amines) is 1. The number of piperidine rings is 1. The fourth-order valence-electron chi connectivity index (χ4n) is 5.13. The summed E-state index contributed by atoms with van der Waals surface area (Å²) in [5.41, 5.74) is -0.697. The van der Waals surface area contributed by atoms with Gasteiger partial charge in [0.15, 0.2) is 0 Å². The number of allylic oxidation sites excluding steroid dienone is 1. The number of rotatable bonds is 7. The Morgan fingerprint density at radius 1 is 1.20 bits per heavy atom. The quantitative estimate of drug-likeness (QED) is 0.261. The van der Waals surface area contributed by atoms with Crippen molar-refractivity contribution in [2.75, 3.05) is 24.6 Å². The number of hydrogen-bond donors (Lipinski definition) is 4. The van der Waals surface area contributed by atoms with E-state index < -0.39 is 47.7 Å². The third-order valence-corrected chi connectivity index (χ3v) is 8.47. The summed E-state index contributed by atoms with van der Waals surface area (Å²) in [6.45, 7) is 11.8. The van der Waals surface area contributed by atoms with E-state index in [0.29, 0.717) is 24.6 Å².